The number of carbonyl (C=O) groups is 1. The molecular weight excluding hydrogens is 500 g/mol. The van der Waals surface area contributed by atoms with E-state index in [1.165, 1.54) is 21.1 Å². The Bertz CT molecular complexity index is 1420. The van der Waals surface area contributed by atoms with E-state index in [1.807, 2.05) is 36.1 Å². The van der Waals surface area contributed by atoms with Crippen molar-refractivity contribution in [2.75, 3.05) is 44.2 Å². The molecular formula is C29H36N4O4S. The minimum Gasteiger partial charge on any atom is -0.368 e. The minimum atomic E-state index is -3.86. The van der Waals surface area contributed by atoms with E-state index in [-0.39, 0.29) is 35.6 Å². The Morgan fingerprint density at radius 3 is 2.18 bits per heavy atom. The van der Waals surface area contributed by atoms with Crippen molar-refractivity contribution in [3.63, 3.8) is 0 Å². The highest BCUT2D eigenvalue weighted by Crippen LogP contribution is 2.38. The third kappa shape index (κ3) is 4.85. The van der Waals surface area contributed by atoms with Crippen molar-refractivity contribution in [3.8, 4) is 0 Å². The van der Waals surface area contributed by atoms with Gasteiger partial charge in [0.05, 0.1) is 5.92 Å². The van der Waals surface area contributed by atoms with Gasteiger partial charge in [-0.25, -0.2) is 8.42 Å². The van der Waals surface area contributed by atoms with E-state index in [0.29, 0.717) is 18.8 Å². The molecule has 1 aromatic heterocycles. The largest absolute Gasteiger partial charge is 0.368 e. The SMILES string of the molecule is Cc1ccc([C@@H]2CN(S(=O)(=O)c3c(C)noc3C)C[C@H]2C(=O)N2CCN(c3cc(C)ccc3C)CC2)cc1. The first kappa shape index (κ1) is 26.4. The quantitative estimate of drug-likeness (QED) is 0.491. The molecule has 3 aromatic rings. The van der Waals surface area contributed by atoms with Crippen LogP contribution in [-0.4, -0.2) is 68.0 Å². The van der Waals surface area contributed by atoms with Crippen molar-refractivity contribution < 1.29 is 17.7 Å². The maximum atomic E-state index is 14.0. The lowest BCUT2D eigenvalue weighted by Crippen LogP contribution is -2.51. The maximum absolute atomic E-state index is 14.0. The number of aromatic nitrogens is 1. The predicted molar refractivity (Wildman–Crippen MR) is 147 cm³/mol. The van der Waals surface area contributed by atoms with E-state index in [9.17, 15) is 13.2 Å². The molecule has 202 valence electrons. The standard InChI is InChI=1S/C29H36N4O4S/c1-19-7-10-24(11-8-19)25-17-33(38(35,36)28-22(4)30-37-23(28)5)18-26(25)29(34)32-14-12-31(13-15-32)27-16-20(2)6-9-21(27)3/h6-11,16,25-26H,12-15,17-18H2,1-5H3/t25-,26+/m0/s1. The lowest BCUT2D eigenvalue weighted by Gasteiger charge is -2.38. The molecule has 0 bridgehead atoms. The van der Waals surface area contributed by atoms with Crippen molar-refractivity contribution in [2.45, 2.75) is 45.4 Å². The van der Waals surface area contributed by atoms with Gasteiger partial charge in [0.15, 0.2) is 5.76 Å². The predicted octanol–water partition coefficient (Wildman–Crippen LogP) is 3.97. The number of piperazine rings is 1. The second-order valence-electron chi connectivity index (χ2n) is 10.7. The molecule has 38 heavy (non-hydrogen) atoms. The second kappa shape index (κ2) is 10.2. The van der Waals surface area contributed by atoms with E-state index in [2.05, 4.69) is 42.1 Å². The number of nitrogens with zero attached hydrogens (tertiary/aromatic N) is 4. The summed E-state index contributed by atoms with van der Waals surface area (Å²) in [4.78, 5) is 18.3. The number of aryl methyl sites for hydroxylation is 5. The van der Waals surface area contributed by atoms with Gasteiger partial charge in [-0.15, -0.1) is 0 Å². The minimum absolute atomic E-state index is 0.0210. The van der Waals surface area contributed by atoms with E-state index in [1.54, 1.807) is 13.8 Å². The van der Waals surface area contributed by atoms with Gasteiger partial charge in [-0.3, -0.25) is 4.79 Å². The lowest BCUT2D eigenvalue weighted by atomic mass is 9.87. The monoisotopic (exact) mass is 536 g/mol. The summed E-state index contributed by atoms with van der Waals surface area (Å²) in [5.74, 6) is -0.394. The van der Waals surface area contributed by atoms with Crippen LogP contribution in [0, 0.1) is 40.5 Å². The zero-order valence-electron chi connectivity index (χ0n) is 22.8. The first-order valence-electron chi connectivity index (χ1n) is 13.2. The molecule has 2 aliphatic heterocycles. The summed E-state index contributed by atoms with van der Waals surface area (Å²) in [6, 6.07) is 14.5. The Balaban J connectivity index is 1.39. The number of hydrogen-bond acceptors (Lipinski definition) is 6. The summed E-state index contributed by atoms with van der Waals surface area (Å²) >= 11 is 0. The van der Waals surface area contributed by atoms with Crippen LogP contribution in [-0.2, 0) is 14.8 Å². The van der Waals surface area contributed by atoms with Crippen molar-refractivity contribution in [1.82, 2.24) is 14.4 Å². The van der Waals surface area contributed by atoms with Gasteiger partial charge < -0.3 is 14.3 Å². The molecule has 5 rings (SSSR count). The molecule has 0 unspecified atom stereocenters. The molecule has 2 aliphatic rings. The molecule has 8 nitrogen and oxygen atoms in total. The molecule has 0 saturated carbocycles. The zero-order chi connectivity index (χ0) is 27.2. The zero-order valence-corrected chi connectivity index (χ0v) is 23.6. The van der Waals surface area contributed by atoms with Crippen LogP contribution < -0.4 is 4.90 Å². The van der Waals surface area contributed by atoms with Gasteiger partial charge in [-0.05, 0) is 57.4 Å². The summed E-state index contributed by atoms with van der Waals surface area (Å²) in [6.45, 7) is 12.6. The number of rotatable bonds is 5. The molecule has 0 spiro atoms. The van der Waals surface area contributed by atoms with Crippen molar-refractivity contribution >= 4 is 21.6 Å². The van der Waals surface area contributed by atoms with Gasteiger partial charge >= 0.3 is 0 Å². The van der Waals surface area contributed by atoms with Crippen LogP contribution >= 0.6 is 0 Å². The molecule has 1 amide bonds. The number of carbonyl (C=O) groups excluding carboxylic acids is 1. The van der Waals surface area contributed by atoms with Crippen molar-refractivity contribution in [2.24, 2.45) is 5.92 Å². The van der Waals surface area contributed by atoms with E-state index in [0.717, 1.165) is 24.2 Å². The average Bonchev–Trinajstić information content (AvgIpc) is 3.50. The second-order valence-corrected chi connectivity index (χ2v) is 12.6. The van der Waals surface area contributed by atoms with E-state index in [4.69, 9.17) is 4.52 Å². The summed E-state index contributed by atoms with van der Waals surface area (Å²) in [5, 5.41) is 3.85. The van der Waals surface area contributed by atoms with Crippen molar-refractivity contribution in [3.05, 3.63) is 76.2 Å². The van der Waals surface area contributed by atoms with Gasteiger partial charge in [-0.1, -0.05) is 47.1 Å². The maximum Gasteiger partial charge on any atom is 0.248 e. The Kier molecular flexibility index (Phi) is 7.09. The summed E-state index contributed by atoms with van der Waals surface area (Å²) in [6.07, 6.45) is 0. The van der Waals surface area contributed by atoms with Crippen LogP contribution in [0.4, 0.5) is 5.69 Å². The third-order valence-electron chi connectivity index (χ3n) is 7.97. The Morgan fingerprint density at radius 1 is 0.895 bits per heavy atom. The first-order chi connectivity index (χ1) is 18.1. The summed E-state index contributed by atoms with van der Waals surface area (Å²) in [5.41, 5.74) is 6.11. The van der Waals surface area contributed by atoms with Crippen LogP contribution in [0.5, 0.6) is 0 Å². The van der Waals surface area contributed by atoms with E-state index >= 15 is 0 Å². The topological polar surface area (TPSA) is 87.0 Å². The van der Waals surface area contributed by atoms with Crippen LogP contribution in [0.25, 0.3) is 0 Å². The number of hydrogen-bond donors (Lipinski definition) is 0. The van der Waals surface area contributed by atoms with Gasteiger partial charge in [0.2, 0.25) is 15.9 Å². The van der Waals surface area contributed by atoms with Crippen molar-refractivity contribution in [1.29, 1.82) is 0 Å². The van der Waals surface area contributed by atoms with Crippen LogP contribution in [0.1, 0.15) is 39.6 Å². The highest BCUT2D eigenvalue weighted by molar-refractivity contribution is 7.89. The van der Waals surface area contributed by atoms with Gasteiger partial charge in [0.25, 0.3) is 0 Å². The molecule has 2 saturated heterocycles. The molecule has 2 atom stereocenters. The highest BCUT2D eigenvalue weighted by Gasteiger charge is 2.46. The lowest BCUT2D eigenvalue weighted by molar-refractivity contribution is -0.135. The fourth-order valence-corrected chi connectivity index (χ4v) is 7.58. The average molecular weight is 537 g/mol. The first-order valence-corrected chi connectivity index (χ1v) is 14.6. The van der Waals surface area contributed by atoms with Gasteiger partial charge in [0, 0.05) is 50.9 Å². The summed E-state index contributed by atoms with van der Waals surface area (Å²) in [7, 11) is -3.86. The number of sulfonamides is 1. The molecule has 3 heterocycles. The number of benzene rings is 2. The fraction of sp³-hybridized carbons (Fsp3) is 0.448. The number of amides is 1. The summed E-state index contributed by atoms with van der Waals surface area (Å²) < 4.78 is 33.9. The Hall–Kier alpha value is -3.17. The van der Waals surface area contributed by atoms with E-state index < -0.39 is 15.9 Å². The third-order valence-corrected chi connectivity index (χ3v) is 10.0. The molecule has 2 aromatic carbocycles. The molecule has 9 heteroatoms. The molecule has 0 radical (unpaired) electrons. The Labute approximate surface area is 225 Å². The normalized spacial score (nSPS) is 20.8. The number of anilines is 1. The van der Waals surface area contributed by atoms with Crippen LogP contribution in [0.2, 0.25) is 0 Å². The van der Waals surface area contributed by atoms with Crippen LogP contribution in [0.15, 0.2) is 51.9 Å². The van der Waals surface area contributed by atoms with Crippen LogP contribution in [0.3, 0.4) is 0 Å². The molecule has 0 N–H and O–H groups in total. The molecule has 0 aliphatic carbocycles. The van der Waals surface area contributed by atoms with Gasteiger partial charge in [0.1, 0.15) is 10.6 Å². The Morgan fingerprint density at radius 2 is 1.55 bits per heavy atom. The highest BCUT2D eigenvalue weighted by atomic mass is 32.2. The van der Waals surface area contributed by atoms with Gasteiger partial charge in [-0.2, -0.15) is 4.31 Å². The smallest absolute Gasteiger partial charge is 0.248 e. The molecule has 2 fully saturated rings. The fourth-order valence-electron chi connectivity index (χ4n) is 5.80.